The Hall–Kier alpha value is -1.95. The van der Waals surface area contributed by atoms with E-state index in [0.29, 0.717) is 19.0 Å². The van der Waals surface area contributed by atoms with E-state index in [1.165, 1.54) is 18.3 Å². The van der Waals surface area contributed by atoms with Crippen molar-refractivity contribution in [1.82, 2.24) is 9.88 Å². The summed E-state index contributed by atoms with van der Waals surface area (Å²) in [4.78, 5) is 28.7. The zero-order chi connectivity index (χ0) is 14.3. The fourth-order valence-corrected chi connectivity index (χ4v) is 3.21. The number of aromatic carboxylic acids is 1. The summed E-state index contributed by atoms with van der Waals surface area (Å²) in [6, 6.07) is 2.82. The number of carbonyl (C=O) groups excluding carboxylic acids is 1. The van der Waals surface area contributed by atoms with E-state index in [1.54, 1.807) is 4.90 Å². The fourth-order valence-electron chi connectivity index (χ4n) is 3.21. The third-order valence-corrected chi connectivity index (χ3v) is 4.34. The quantitative estimate of drug-likeness (QED) is 0.826. The number of aliphatic hydroxyl groups is 1. The summed E-state index contributed by atoms with van der Waals surface area (Å²) in [5.41, 5.74) is 0.319. The number of likely N-dealkylation sites (tertiary alicyclic amines) is 1. The van der Waals surface area contributed by atoms with Crippen LogP contribution in [0.2, 0.25) is 0 Å². The lowest BCUT2D eigenvalue weighted by Crippen LogP contribution is -2.31. The molecule has 6 nitrogen and oxygen atoms in total. The fraction of sp³-hybridized carbons (Fsp3) is 0.500. The SMILES string of the molecule is O=C(O)c1ccc(C(=O)N2CC3CCC(O)C3C2)nc1. The van der Waals surface area contributed by atoms with Crippen LogP contribution in [0.3, 0.4) is 0 Å². The highest BCUT2D eigenvalue weighted by Gasteiger charge is 2.43. The van der Waals surface area contributed by atoms with Crippen LogP contribution in [0.15, 0.2) is 18.3 Å². The Balaban J connectivity index is 1.72. The topological polar surface area (TPSA) is 90.7 Å². The Bertz CT molecular complexity index is 543. The van der Waals surface area contributed by atoms with E-state index in [9.17, 15) is 14.7 Å². The van der Waals surface area contributed by atoms with E-state index in [2.05, 4.69) is 4.98 Å². The van der Waals surface area contributed by atoms with Gasteiger partial charge in [0.1, 0.15) is 5.69 Å². The normalized spacial score (nSPS) is 28.4. The molecule has 3 atom stereocenters. The summed E-state index contributed by atoms with van der Waals surface area (Å²) in [6.07, 6.45) is 2.67. The zero-order valence-corrected chi connectivity index (χ0v) is 10.9. The predicted octanol–water partition coefficient (Wildman–Crippen LogP) is 0.623. The maximum Gasteiger partial charge on any atom is 0.337 e. The molecule has 106 valence electrons. The number of rotatable bonds is 2. The Kier molecular flexibility index (Phi) is 3.17. The highest BCUT2D eigenvalue weighted by Crippen LogP contribution is 2.38. The van der Waals surface area contributed by atoms with Crippen molar-refractivity contribution in [1.29, 1.82) is 0 Å². The number of carboxylic acids is 1. The molecule has 2 fully saturated rings. The molecule has 3 unspecified atom stereocenters. The number of pyridine rings is 1. The zero-order valence-electron chi connectivity index (χ0n) is 10.9. The first-order chi connectivity index (χ1) is 9.56. The molecule has 1 aliphatic carbocycles. The molecule has 3 rings (SSSR count). The smallest absolute Gasteiger partial charge is 0.337 e. The summed E-state index contributed by atoms with van der Waals surface area (Å²) >= 11 is 0. The molecule has 2 heterocycles. The molecule has 1 saturated heterocycles. The van der Waals surface area contributed by atoms with Crippen LogP contribution in [0, 0.1) is 11.8 Å². The van der Waals surface area contributed by atoms with E-state index in [-0.39, 0.29) is 29.2 Å². The van der Waals surface area contributed by atoms with Crippen LogP contribution in [0.5, 0.6) is 0 Å². The number of hydrogen-bond acceptors (Lipinski definition) is 4. The van der Waals surface area contributed by atoms with Crippen LogP contribution < -0.4 is 0 Å². The van der Waals surface area contributed by atoms with Crippen LogP contribution in [0.25, 0.3) is 0 Å². The second kappa shape index (κ2) is 4.86. The van der Waals surface area contributed by atoms with Crippen LogP contribution in [-0.4, -0.2) is 51.2 Å². The van der Waals surface area contributed by atoms with Crippen LogP contribution in [0.1, 0.15) is 33.7 Å². The highest BCUT2D eigenvalue weighted by atomic mass is 16.4. The molecule has 1 aromatic heterocycles. The molecule has 2 aliphatic rings. The average Bonchev–Trinajstić information content (AvgIpc) is 3.01. The largest absolute Gasteiger partial charge is 0.478 e. The van der Waals surface area contributed by atoms with E-state index < -0.39 is 5.97 Å². The lowest BCUT2D eigenvalue weighted by Gasteiger charge is -2.17. The van der Waals surface area contributed by atoms with Crippen molar-refractivity contribution in [3.8, 4) is 0 Å². The third kappa shape index (κ3) is 2.16. The third-order valence-electron chi connectivity index (χ3n) is 4.34. The van der Waals surface area contributed by atoms with Crippen LogP contribution in [0.4, 0.5) is 0 Å². The number of nitrogens with zero attached hydrogens (tertiary/aromatic N) is 2. The molecule has 1 aliphatic heterocycles. The maximum absolute atomic E-state index is 12.3. The minimum atomic E-state index is -1.06. The van der Waals surface area contributed by atoms with Crippen molar-refractivity contribution >= 4 is 11.9 Å². The van der Waals surface area contributed by atoms with E-state index in [0.717, 1.165) is 12.8 Å². The van der Waals surface area contributed by atoms with Gasteiger partial charge in [-0.3, -0.25) is 9.78 Å². The number of carbonyl (C=O) groups is 2. The lowest BCUT2D eigenvalue weighted by atomic mass is 10.00. The molecule has 0 aromatic carbocycles. The Morgan fingerprint density at radius 1 is 1.25 bits per heavy atom. The Morgan fingerprint density at radius 3 is 2.65 bits per heavy atom. The molecule has 20 heavy (non-hydrogen) atoms. The molecule has 0 spiro atoms. The lowest BCUT2D eigenvalue weighted by molar-refractivity contribution is 0.0691. The number of carboxylic acid groups (broad SMARTS) is 1. The molecule has 1 aromatic rings. The number of aromatic nitrogens is 1. The van der Waals surface area contributed by atoms with E-state index >= 15 is 0 Å². The maximum atomic E-state index is 12.3. The van der Waals surface area contributed by atoms with Gasteiger partial charge in [-0.25, -0.2) is 4.79 Å². The van der Waals surface area contributed by atoms with Crippen LogP contribution in [-0.2, 0) is 0 Å². The molecule has 2 N–H and O–H groups in total. The second-order valence-corrected chi connectivity index (χ2v) is 5.52. The number of amides is 1. The molecule has 6 heteroatoms. The first-order valence-electron chi connectivity index (χ1n) is 6.73. The van der Waals surface area contributed by atoms with Crippen molar-refractivity contribution in [2.24, 2.45) is 11.8 Å². The van der Waals surface area contributed by atoms with Gasteiger partial charge >= 0.3 is 5.97 Å². The van der Waals surface area contributed by atoms with Gasteiger partial charge in [0.15, 0.2) is 0 Å². The first-order valence-corrected chi connectivity index (χ1v) is 6.73. The average molecular weight is 276 g/mol. The summed E-state index contributed by atoms with van der Waals surface area (Å²) in [7, 11) is 0. The number of aliphatic hydroxyl groups excluding tert-OH is 1. The van der Waals surface area contributed by atoms with Crippen molar-refractivity contribution < 1.29 is 19.8 Å². The van der Waals surface area contributed by atoms with Crippen LogP contribution >= 0.6 is 0 Å². The van der Waals surface area contributed by atoms with Crippen molar-refractivity contribution in [2.45, 2.75) is 18.9 Å². The first kappa shape index (κ1) is 13.1. The van der Waals surface area contributed by atoms with Crippen molar-refractivity contribution in [3.63, 3.8) is 0 Å². The molecule has 1 saturated carbocycles. The summed E-state index contributed by atoms with van der Waals surface area (Å²) in [6.45, 7) is 1.22. The Morgan fingerprint density at radius 2 is 2.05 bits per heavy atom. The van der Waals surface area contributed by atoms with Gasteiger partial charge in [0.25, 0.3) is 5.91 Å². The van der Waals surface area contributed by atoms with Gasteiger partial charge in [0.05, 0.1) is 11.7 Å². The molecule has 0 bridgehead atoms. The monoisotopic (exact) mass is 276 g/mol. The second-order valence-electron chi connectivity index (χ2n) is 5.52. The van der Waals surface area contributed by atoms with Crippen molar-refractivity contribution in [3.05, 3.63) is 29.6 Å². The van der Waals surface area contributed by atoms with Gasteiger partial charge in [-0.1, -0.05) is 0 Å². The molecule has 1 amide bonds. The summed E-state index contributed by atoms with van der Waals surface area (Å²) in [5.74, 6) is -0.691. The van der Waals surface area contributed by atoms with Gasteiger partial charge < -0.3 is 15.1 Å². The number of fused-ring (bicyclic) bond motifs is 1. The summed E-state index contributed by atoms with van der Waals surface area (Å²) in [5, 5.41) is 18.6. The predicted molar refractivity (Wildman–Crippen MR) is 69.3 cm³/mol. The van der Waals surface area contributed by atoms with Gasteiger partial charge in [-0.15, -0.1) is 0 Å². The highest BCUT2D eigenvalue weighted by molar-refractivity contribution is 5.94. The molecular formula is C14H16N2O4. The summed E-state index contributed by atoms with van der Waals surface area (Å²) < 4.78 is 0. The van der Waals surface area contributed by atoms with Gasteiger partial charge in [0, 0.05) is 25.2 Å². The molecular weight excluding hydrogens is 260 g/mol. The van der Waals surface area contributed by atoms with Gasteiger partial charge in [0.2, 0.25) is 0 Å². The van der Waals surface area contributed by atoms with E-state index in [1.807, 2.05) is 0 Å². The standard InChI is InChI=1S/C14H16N2O4/c17-12-4-2-9-6-16(7-10(9)12)13(18)11-3-1-8(5-15-11)14(19)20/h1,3,5,9-10,12,17H,2,4,6-7H2,(H,19,20). The Labute approximate surface area is 116 Å². The van der Waals surface area contributed by atoms with E-state index in [4.69, 9.17) is 5.11 Å². The van der Waals surface area contributed by atoms with Crippen molar-refractivity contribution in [2.75, 3.05) is 13.1 Å². The number of hydrogen-bond donors (Lipinski definition) is 2. The minimum Gasteiger partial charge on any atom is -0.478 e. The van der Waals surface area contributed by atoms with Gasteiger partial charge in [-0.2, -0.15) is 0 Å². The minimum absolute atomic E-state index is 0.0651. The van der Waals surface area contributed by atoms with Gasteiger partial charge in [-0.05, 0) is 30.9 Å². The molecule has 0 radical (unpaired) electrons.